The van der Waals surface area contributed by atoms with E-state index < -0.39 is 0 Å². The van der Waals surface area contributed by atoms with Crippen molar-refractivity contribution < 1.29 is 9.53 Å². The topological polar surface area (TPSA) is 52.3 Å². The summed E-state index contributed by atoms with van der Waals surface area (Å²) in [4.78, 5) is 11.1. The van der Waals surface area contributed by atoms with Gasteiger partial charge in [0.25, 0.3) is 0 Å². The first-order valence-corrected chi connectivity index (χ1v) is 4.00. The summed E-state index contributed by atoms with van der Waals surface area (Å²) in [5.74, 6) is 0.246. The summed E-state index contributed by atoms with van der Waals surface area (Å²) in [5.41, 5.74) is 5.80. The Kier molecular flexibility index (Phi) is 2.49. The largest absolute Gasteiger partial charge is 0.469 e. The smallest absolute Gasteiger partial charge is 0.310 e. The number of nitrogens with two attached hydrogens (primary N) is 1. The van der Waals surface area contributed by atoms with Gasteiger partial charge in [0.1, 0.15) is 0 Å². The summed E-state index contributed by atoms with van der Waals surface area (Å²) in [6.07, 6.45) is 1.93. The van der Waals surface area contributed by atoms with Crippen LogP contribution in [0.3, 0.4) is 0 Å². The van der Waals surface area contributed by atoms with E-state index in [1.54, 1.807) is 0 Å². The summed E-state index contributed by atoms with van der Waals surface area (Å²) in [6, 6.07) is 0.00227. The van der Waals surface area contributed by atoms with E-state index in [0.717, 1.165) is 12.8 Å². The summed E-state index contributed by atoms with van der Waals surface area (Å²) in [5, 5.41) is 0. The number of ether oxygens (including phenoxy) is 1. The normalized spacial score (nSPS) is 37.2. The molecule has 0 heterocycles. The monoisotopic (exact) mass is 157 g/mol. The Morgan fingerprint density at radius 2 is 2.18 bits per heavy atom. The molecule has 3 heteroatoms. The van der Waals surface area contributed by atoms with Crippen LogP contribution in [0, 0.1) is 11.8 Å². The number of rotatable bonds is 1. The molecule has 1 aliphatic rings. The molecule has 0 amide bonds. The molecule has 0 aromatic rings. The fourth-order valence-electron chi connectivity index (χ4n) is 1.65. The van der Waals surface area contributed by atoms with Gasteiger partial charge in [0.15, 0.2) is 0 Å². The molecule has 0 spiro atoms. The van der Waals surface area contributed by atoms with Gasteiger partial charge in [0.2, 0.25) is 0 Å². The van der Waals surface area contributed by atoms with E-state index in [2.05, 4.69) is 11.7 Å². The molecule has 0 aromatic heterocycles. The average molecular weight is 157 g/mol. The Labute approximate surface area is 66.9 Å². The van der Waals surface area contributed by atoms with Crippen molar-refractivity contribution in [1.82, 2.24) is 0 Å². The van der Waals surface area contributed by atoms with Crippen LogP contribution in [0.15, 0.2) is 0 Å². The maximum absolute atomic E-state index is 11.1. The first-order chi connectivity index (χ1) is 5.16. The lowest BCUT2D eigenvalue weighted by Gasteiger charge is -2.15. The molecule has 1 aliphatic carbocycles. The highest BCUT2D eigenvalue weighted by atomic mass is 16.5. The summed E-state index contributed by atoms with van der Waals surface area (Å²) in [7, 11) is 1.41. The Bertz CT molecular complexity index is 158. The average Bonchev–Trinajstić information content (AvgIpc) is 2.32. The molecule has 3 nitrogen and oxygen atoms in total. The first-order valence-electron chi connectivity index (χ1n) is 4.00. The van der Waals surface area contributed by atoms with E-state index in [1.807, 2.05) is 0 Å². The van der Waals surface area contributed by atoms with Crippen molar-refractivity contribution in [3.8, 4) is 0 Å². The van der Waals surface area contributed by atoms with Crippen LogP contribution in [-0.2, 0) is 9.53 Å². The van der Waals surface area contributed by atoms with E-state index in [4.69, 9.17) is 5.73 Å². The summed E-state index contributed by atoms with van der Waals surface area (Å²) < 4.78 is 4.63. The molecule has 64 valence electrons. The highest BCUT2D eigenvalue weighted by molar-refractivity contribution is 5.73. The molecule has 2 N–H and O–H groups in total. The Morgan fingerprint density at radius 3 is 2.55 bits per heavy atom. The van der Waals surface area contributed by atoms with E-state index in [0.29, 0.717) is 5.92 Å². The van der Waals surface area contributed by atoms with E-state index in [1.165, 1.54) is 7.11 Å². The second-order valence-electron chi connectivity index (χ2n) is 3.26. The van der Waals surface area contributed by atoms with E-state index >= 15 is 0 Å². The third-order valence-corrected chi connectivity index (χ3v) is 2.56. The minimum Gasteiger partial charge on any atom is -0.469 e. The number of esters is 1. The van der Waals surface area contributed by atoms with Gasteiger partial charge in [-0.25, -0.2) is 0 Å². The lowest BCUT2D eigenvalue weighted by molar-refractivity contribution is -0.145. The molecule has 1 saturated carbocycles. The SMILES string of the molecule is COC(=O)[C@H]1CC[C@@H](C)[C@H]1N. The Morgan fingerprint density at radius 1 is 1.55 bits per heavy atom. The van der Waals surface area contributed by atoms with E-state index in [-0.39, 0.29) is 17.9 Å². The predicted molar refractivity (Wildman–Crippen MR) is 41.9 cm³/mol. The molecule has 0 saturated heterocycles. The van der Waals surface area contributed by atoms with Crippen LogP contribution >= 0.6 is 0 Å². The van der Waals surface area contributed by atoms with Gasteiger partial charge >= 0.3 is 5.97 Å². The van der Waals surface area contributed by atoms with Crippen LogP contribution in [0.4, 0.5) is 0 Å². The maximum Gasteiger partial charge on any atom is 0.310 e. The molecular formula is C8H15NO2. The quantitative estimate of drug-likeness (QED) is 0.565. The third kappa shape index (κ3) is 1.53. The summed E-state index contributed by atoms with van der Waals surface area (Å²) in [6.45, 7) is 2.08. The molecule has 0 bridgehead atoms. The van der Waals surface area contributed by atoms with Crippen LogP contribution in [-0.4, -0.2) is 19.1 Å². The third-order valence-electron chi connectivity index (χ3n) is 2.56. The maximum atomic E-state index is 11.1. The van der Waals surface area contributed by atoms with Crippen molar-refractivity contribution in [3.63, 3.8) is 0 Å². The highest BCUT2D eigenvalue weighted by Gasteiger charge is 2.35. The zero-order valence-electron chi connectivity index (χ0n) is 7.04. The molecule has 0 unspecified atom stereocenters. The number of hydrogen-bond acceptors (Lipinski definition) is 3. The van der Waals surface area contributed by atoms with Crippen LogP contribution in [0.2, 0.25) is 0 Å². The molecule has 1 fully saturated rings. The number of carbonyl (C=O) groups excluding carboxylic acids is 1. The lowest BCUT2D eigenvalue weighted by Crippen LogP contribution is -2.35. The second kappa shape index (κ2) is 3.22. The Balaban J connectivity index is 2.54. The minimum absolute atomic E-state index is 0.00227. The van der Waals surface area contributed by atoms with Crippen LogP contribution in [0.5, 0.6) is 0 Å². The number of hydrogen-bond donors (Lipinski definition) is 1. The molecular weight excluding hydrogens is 142 g/mol. The molecule has 0 radical (unpaired) electrons. The van der Waals surface area contributed by atoms with Gasteiger partial charge in [-0.15, -0.1) is 0 Å². The first kappa shape index (κ1) is 8.53. The van der Waals surface area contributed by atoms with Crippen LogP contribution in [0.25, 0.3) is 0 Å². The predicted octanol–water partition coefficient (Wildman–Crippen LogP) is 0.533. The van der Waals surface area contributed by atoms with Gasteiger partial charge in [-0.05, 0) is 18.8 Å². The number of carbonyl (C=O) groups is 1. The molecule has 0 aliphatic heterocycles. The molecule has 3 atom stereocenters. The van der Waals surface area contributed by atoms with Crippen molar-refractivity contribution >= 4 is 5.97 Å². The van der Waals surface area contributed by atoms with Crippen molar-refractivity contribution in [1.29, 1.82) is 0 Å². The van der Waals surface area contributed by atoms with Gasteiger partial charge in [-0.3, -0.25) is 4.79 Å². The fraction of sp³-hybridized carbons (Fsp3) is 0.875. The number of methoxy groups -OCH3 is 1. The van der Waals surface area contributed by atoms with Gasteiger partial charge < -0.3 is 10.5 Å². The summed E-state index contributed by atoms with van der Waals surface area (Å²) >= 11 is 0. The molecule has 1 rings (SSSR count). The van der Waals surface area contributed by atoms with Gasteiger partial charge in [0.05, 0.1) is 13.0 Å². The van der Waals surface area contributed by atoms with Crippen molar-refractivity contribution in [2.24, 2.45) is 17.6 Å². The second-order valence-corrected chi connectivity index (χ2v) is 3.26. The minimum atomic E-state index is -0.151. The zero-order valence-corrected chi connectivity index (χ0v) is 7.04. The van der Waals surface area contributed by atoms with Gasteiger partial charge in [-0.2, -0.15) is 0 Å². The lowest BCUT2D eigenvalue weighted by atomic mass is 10.0. The van der Waals surface area contributed by atoms with E-state index in [9.17, 15) is 4.79 Å². The van der Waals surface area contributed by atoms with Gasteiger partial charge in [0, 0.05) is 6.04 Å². The molecule has 0 aromatic carbocycles. The van der Waals surface area contributed by atoms with Crippen molar-refractivity contribution in [2.75, 3.05) is 7.11 Å². The van der Waals surface area contributed by atoms with Crippen molar-refractivity contribution in [2.45, 2.75) is 25.8 Å². The van der Waals surface area contributed by atoms with Crippen molar-refractivity contribution in [3.05, 3.63) is 0 Å². The van der Waals surface area contributed by atoms with Crippen LogP contribution < -0.4 is 5.73 Å². The standard InChI is InChI=1S/C8H15NO2/c1-5-3-4-6(7(5)9)8(10)11-2/h5-7H,3-4,9H2,1-2H3/t5-,6+,7-/m1/s1. The molecule has 11 heavy (non-hydrogen) atoms. The van der Waals surface area contributed by atoms with Gasteiger partial charge in [-0.1, -0.05) is 6.92 Å². The zero-order chi connectivity index (χ0) is 8.43. The highest BCUT2D eigenvalue weighted by Crippen LogP contribution is 2.29. The Hall–Kier alpha value is -0.570. The van der Waals surface area contributed by atoms with Crippen LogP contribution in [0.1, 0.15) is 19.8 Å². The fourth-order valence-corrected chi connectivity index (χ4v) is 1.65.